The molecule has 1 heterocycles. The Balaban J connectivity index is 1.87. The van der Waals surface area contributed by atoms with E-state index in [2.05, 4.69) is 22.4 Å². The fourth-order valence-corrected chi connectivity index (χ4v) is 3.39. The Bertz CT molecular complexity index is 566. The Kier molecular flexibility index (Phi) is 3.57. The molecule has 1 aliphatic carbocycles. The van der Waals surface area contributed by atoms with Crippen molar-refractivity contribution in [3.8, 4) is 0 Å². The van der Waals surface area contributed by atoms with E-state index in [1.54, 1.807) is 4.68 Å². The minimum Gasteiger partial charge on any atom is -0.389 e. The predicted molar refractivity (Wildman–Crippen MR) is 77.3 cm³/mol. The van der Waals surface area contributed by atoms with Crippen LogP contribution in [-0.4, -0.2) is 25.7 Å². The first kappa shape index (κ1) is 13.3. The normalized spacial score (nSPS) is 26.6. The molecule has 0 spiro atoms. The van der Waals surface area contributed by atoms with E-state index in [1.807, 2.05) is 31.4 Å². The number of rotatable bonds is 3. The third-order valence-electron chi connectivity index (χ3n) is 4.34. The van der Waals surface area contributed by atoms with Crippen molar-refractivity contribution in [3.05, 3.63) is 47.8 Å². The molecule has 0 radical (unpaired) electrons. The van der Waals surface area contributed by atoms with Gasteiger partial charge in [0.1, 0.15) is 0 Å². The highest BCUT2D eigenvalue weighted by Crippen LogP contribution is 2.42. The molecule has 2 aromatic rings. The summed E-state index contributed by atoms with van der Waals surface area (Å²) in [4.78, 5) is 0. The first-order valence-electron chi connectivity index (χ1n) is 7.30. The zero-order valence-electron chi connectivity index (χ0n) is 11.9. The van der Waals surface area contributed by atoms with Gasteiger partial charge in [-0.3, -0.25) is 4.68 Å². The summed E-state index contributed by atoms with van der Waals surface area (Å²) in [5.74, 6) is 0.194. The van der Waals surface area contributed by atoms with E-state index >= 15 is 0 Å². The van der Waals surface area contributed by atoms with Crippen LogP contribution in [0.4, 0.5) is 0 Å². The molecular formula is C16H21N3O. The van der Waals surface area contributed by atoms with Crippen molar-refractivity contribution in [2.24, 2.45) is 7.05 Å². The van der Waals surface area contributed by atoms with Gasteiger partial charge < -0.3 is 5.11 Å². The SMILES string of the molecule is Cn1cc(CC2(O)CCCCC2c2ccccc2)nn1. The van der Waals surface area contributed by atoms with Gasteiger partial charge in [0, 0.05) is 25.6 Å². The number of hydrogen-bond donors (Lipinski definition) is 1. The summed E-state index contributed by atoms with van der Waals surface area (Å²) in [6.45, 7) is 0. The number of hydrogen-bond acceptors (Lipinski definition) is 3. The second kappa shape index (κ2) is 5.37. The zero-order valence-corrected chi connectivity index (χ0v) is 11.9. The zero-order chi connectivity index (χ0) is 14.0. The molecule has 106 valence electrons. The van der Waals surface area contributed by atoms with Gasteiger partial charge in [0.2, 0.25) is 0 Å². The Morgan fingerprint density at radius 1 is 1.30 bits per heavy atom. The summed E-state index contributed by atoms with van der Waals surface area (Å²) >= 11 is 0. The van der Waals surface area contributed by atoms with Crippen LogP contribution in [0.1, 0.15) is 42.9 Å². The number of aryl methyl sites for hydroxylation is 1. The molecule has 0 aliphatic heterocycles. The lowest BCUT2D eigenvalue weighted by atomic mass is 9.70. The van der Waals surface area contributed by atoms with E-state index in [-0.39, 0.29) is 5.92 Å². The van der Waals surface area contributed by atoms with Crippen molar-refractivity contribution in [2.45, 2.75) is 43.6 Å². The van der Waals surface area contributed by atoms with Crippen molar-refractivity contribution in [1.29, 1.82) is 0 Å². The Morgan fingerprint density at radius 2 is 2.10 bits per heavy atom. The summed E-state index contributed by atoms with van der Waals surface area (Å²) in [6, 6.07) is 10.4. The van der Waals surface area contributed by atoms with Gasteiger partial charge in [-0.1, -0.05) is 48.4 Å². The minimum absolute atomic E-state index is 0.194. The lowest BCUT2D eigenvalue weighted by Crippen LogP contribution is -2.41. The predicted octanol–water partition coefficient (Wildman–Crippen LogP) is 2.45. The molecule has 4 nitrogen and oxygen atoms in total. The number of aromatic nitrogens is 3. The number of nitrogens with zero attached hydrogens (tertiary/aromatic N) is 3. The van der Waals surface area contributed by atoms with E-state index in [0.717, 1.165) is 25.0 Å². The lowest BCUT2D eigenvalue weighted by molar-refractivity contribution is -0.0174. The molecule has 1 aromatic carbocycles. The summed E-state index contributed by atoms with van der Waals surface area (Å²) < 4.78 is 1.69. The van der Waals surface area contributed by atoms with Crippen molar-refractivity contribution in [2.75, 3.05) is 0 Å². The standard InChI is InChI=1S/C16H21N3O/c1-19-12-14(17-18-19)11-16(20)10-6-5-9-15(16)13-7-3-2-4-8-13/h2-4,7-8,12,15,20H,5-6,9-11H2,1H3. The number of benzene rings is 1. The van der Waals surface area contributed by atoms with E-state index in [0.29, 0.717) is 6.42 Å². The van der Waals surface area contributed by atoms with Crippen LogP contribution in [0.15, 0.2) is 36.5 Å². The van der Waals surface area contributed by atoms with Crippen LogP contribution in [0.2, 0.25) is 0 Å². The van der Waals surface area contributed by atoms with Crippen LogP contribution in [-0.2, 0) is 13.5 Å². The van der Waals surface area contributed by atoms with E-state index in [4.69, 9.17) is 0 Å². The van der Waals surface area contributed by atoms with Gasteiger partial charge in [0.25, 0.3) is 0 Å². The molecule has 0 saturated heterocycles. The van der Waals surface area contributed by atoms with Crippen molar-refractivity contribution in [3.63, 3.8) is 0 Å². The van der Waals surface area contributed by atoms with Crippen molar-refractivity contribution in [1.82, 2.24) is 15.0 Å². The third-order valence-corrected chi connectivity index (χ3v) is 4.34. The molecule has 2 unspecified atom stereocenters. The molecule has 3 rings (SSSR count). The topological polar surface area (TPSA) is 50.9 Å². The first-order chi connectivity index (χ1) is 9.67. The Morgan fingerprint density at radius 3 is 2.80 bits per heavy atom. The molecule has 2 atom stereocenters. The van der Waals surface area contributed by atoms with Crippen molar-refractivity contribution < 1.29 is 5.11 Å². The van der Waals surface area contributed by atoms with Crippen LogP contribution in [0.25, 0.3) is 0 Å². The maximum atomic E-state index is 11.2. The maximum Gasteiger partial charge on any atom is 0.0855 e. The second-order valence-electron chi connectivity index (χ2n) is 5.87. The van der Waals surface area contributed by atoms with Gasteiger partial charge in [0.05, 0.1) is 11.3 Å². The summed E-state index contributed by atoms with van der Waals surface area (Å²) in [7, 11) is 1.86. The van der Waals surface area contributed by atoms with E-state index < -0.39 is 5.60 Å². The quantitative estimate of drug-likeness (QED) is 0.933. The number of aliphatic hydroxyl groups is 1. The molecule has 1 N–H and O–H groups in total. The fraction of sp³-hybridized carbons (Fsp3) is 0.500. The summed E-state index contributed by atoms with van der Waals surface area (Å²) in [6.07, 6.45) is 6.63. The highest BCUT2D eigenvalue weighted by molar-refractivity contribution is 5.25. The van der Waals surface area contributed by atoms with E-state index in [1.165, 1.54) is 12.0 Å². The van der Waals surface area contributed by atoms with Gasteiger partial charge in [-0.05, 0) is 18.4 Å². The van der Waals surface area contributed by atoms with Crippen LogP contribution in [0.5, 0.6) is 0 Å². The van der Waals surface area contributed by atoms with Crippen LogP contribution in [0, 0.1) is 0 Å². The molecule has 1 fully saturated rings. The average Bonchev–Trinajstić information content (AvgIpc) is 2.85. The van der Waals surface area contributed by atoms with Gasteiger partial charge in [-0.25, -0.2) is 0 Å². The van der Waals surface area contributed by atoms with Crippen LogP contribution >= 0.6 is 0 Å². The highest BCUT2D eigenvalue weighted by atomic mass is 16.3. The maximum absolute atomic E-state index is 11.2. The van der Waals surface area contributed by atoms with Gasteiger partial charge in [-0.15, -0.1) is 5.10 Å². The third kappa shape index (κ3) is 2.61. The lowest BCUT2D eigenvalue weighted by Gasteiger charge is -2.40. The summed E-state index contributed by atoms with van der Waals surface area (Å²) in [5.41, 5.74) is 1.41. The molecule has 4 heteroatoms. The second-order valence-corrected chi connectivity index (χ2v) is 5.87. The Hall–Kier alpha value is -1.68. The molecular weight excluding hydrogens is 250 g/mol. The summed E-state index contributed by atoms with van der Waals surface area (Å²) in [5, 5.41) is 19.3. The monoisotopic (exact) mass is 271 g/mol. The molecule has 20 heavy (non-hydrogen) atoms. The van der Waals surface area contributed by atoms with Crippen molar-refractivity contribution >= 4 is 0 Å². The van der Waals surface area contributed by atoms with Gasteiger partial charge >= 0.3 is 0 Å². The van der Waals surface area contributed by atoms with Gasteiger partial charge in [0.15, 0.2) is 0 Å². The van der Waals surface area contributed by atoms with Crippen LogP contribution < -0.4 is 0 Å². The largest absolute Gasteiger partial charge is 0.389 e. The van der Waals surface area contributed by atoms with Gasteiger partial charge in [-0.2, -0.15) is 0 Å². The average molecular weight is 271 g/mol. The molecule has 0 bridgehead atoms. The van der Waals surface area contributed by atoms with E-state index in [9.17, 15) is 5.11 Å². The minimum atomic E-state index is -0.699. The first-order valence-corrected chi connectivity index (χ1v) is 7.30. The Labute approximate surface area is 119 Å². The molecule has 0 amide bonds. The highest BCUT2D eigenvalue weighted by Gasteiger charge is 2.40. The molecule has 1 saturated carbocycles. The van der Waals surface area contributed by atoms with Crippen LogP contribution in [0.3, 0.4) is 0 Å². The fourth-order valence-electron chi connectivity index (χ4n) is 3.39. The molecule has 1 aromatic heterocycles. The smallest absolute Gasteiger partial charge is 0.0855 e. The molecule has 1 aliphatic rings.